The third kappa shape index (κ3) is 7.23. The quantitative estimate of drug-likeness (QED) is 0.501. The maximum absolute atomic E-state index is 8.82. The van der Waals surface area contributed by atoms with E-state index < -0.39 is 0 Å². The molecule has 0 aromatic heterocycles. The summed E-state index contributed by atoms with van der Waals surface area (Å²) in [4.78, 5) is 2.12. The third-order valence-corrected chi connectivity index (χ3v) is 1.95. The second-order valence-corrected chi connectivity index (χ2v) is 3.23. The fourth-order valence-electron chi connectivity index (χ4n) is 1.12. The zero-order chi connectivity index (χ0) is 10.8. The van der Waals surface area contributed by atoms with Crippen molar-refractivity contribution in [3.63, 3.8) is 0 Å². The molecule has 0 radical (unpaired) electrons. The van der Waals surface area contributed by atoms with Gasteiger partial charge in [-0.05, 0) is 0 Å². The van der Waals surface area contributed by atoms with E-state index in [1.54, 1.807) is 14.2 Å². The van der Waals surface area contributed by atoms with Crippen molar-refractivity contribution in [3.05, 3.63) is 0 Å². The molecule has 0 heterocycles. The number of aliphatic hydroxyl groups excluding tert-OH is 1. The second kappa shape index (κ2) is 9.36. The van der Waals surface area contributed by atoms with Gasteiger partial charge in [-0.1, -0.05) is 0 Å². The van der Waals surface area contributed by atoms with Crippen LogP contribution >= 0.6 is 0 Å². The smallest absolute Gasteiger partial charge is 0.0595 e. The standard InChI is InChI=1S/C9H22N2O3/c1-13-5-3-11(4-6-14-2)7-9(10)8-12/h9,12H,3-8,10H2,1-2H3. The monoisotopic (exact) mass is 206 g/mol. The van der Waals surface area contributed by atoms with E-state index in [-0.39, 0.29) is 12.6 Å². The van der Waals surface area contributed by atoms with Gasteiger partial charge in [0.15, 0.2) is 0 Å². The molecule has 5 heteroatoms. The highest BCUT2D eigenvalue weighted by atomic mass is 16.5. The van der Waals surface area contributed by atoms with Gasteiger partial charge in [0.2, 0.25) is 0 Å². The van der Waals surface area contributed by atoms with Crippen molar-refractivity contribution in [1.82, 2.24) is 4.90 Å². The topological polar surface area (TPSA) is 68.0 Å². The van der Waals surface area contributed by atoms with Crippen LogP contribution in [0.1, 0.15) is 0 Å². The summed E-state index contributed by atoms with van der Waals surface area (Å²) in [7, 11) is 3.33. The Hall–Kier alpha value is -0.200. The van der Waals surface area contributed by atoms with E-state index in [0.717, 1.165) is 13.1 Å². The summed E-state index contributed by atoms with van der Waals surface area (Å²) in [6.45, 7) is 3.64. The van der Waals surface area contributed by atoms with Gasteiger partial charge in [-0.2, -0.15) is 0 Å². The second-order valence-electron chi connectivity index (χ2n) is 3.23. The van der Waals surface area contributed by atoms with E-state index in [0.29, 0.717) is 19.8 Å². The molecule has 0 aromatic carbocycles. The summed E-state index contributed by atoms with van der Waals surface area (Å²) in [5, 5.41) is 8.82. The predicted molar refractivity (Wildman–Crippen MR) is 55.3 cm³/mol. The van der Waals surface area contributed by atoms with E-state index in [1.165, 1.54) is 0 Å². The van der Waals surface area contributed by atoms with Gasteiger partial charge >= 0.3 is 0 Å². The molecule has 1 unspecified atom stereocenters. The van der Waals surface area contributed by atoms with Crippen molar-refractivity contribution < 1.29 is 14.6 Å². The van der Waals surface area contributed by atoms with Gasteiger partial charge < -0.3 is 20.3 Å². The Kier molecular flexibility index (Phi) is 9.23. The molecule has 5 nitrogen and oxygen atoms in total. The first-order valence-electron chi connectivity index (χ1n) is 4.81. The van der Waals surface area contributed by atoms with Crippen LogP contribution in [0.3, 0.4) is 0 Å². The average Bonchev–Trinajstić information content (AvgIpc) is 2.21. The Balaban J connectivity index is 3.71. The van der Waals surface area contributed by atoms with Gasteiger partial charge in [0.05, 0.1) is 19.8 Å². The van der Waals surface area contributed by atoms with Crippen molar-refractivity contribution in [2.75, 3.05) is 53.7 Å². The molecule has 86 valence electrons. The van der Waals surface area contributed by atoms with E-state index >= 15 is 0 Å². The maximum atomic E-state index is 8.82. The van der Waals surface area contributed by atoms with Crippen molar-refractivity contribution >= 4 is 0 Å². The molecule has 1 atom stereocenters. The Morgan fingerprint density at radius 3 is 2.07 bits per heavy atom. The molecule has 0 bridgehead atoms. The van der Waals surface area contributed by atoms with Crippen LogP contribution in [-0.2, 0) is 9.47 Å². The molecule has 0 rings (SSSR count). The molecule has 0 aliphatic heterocycles. The molecule has 0 amide bonds. The SMILES string of the molecule is COCCN(CCOC)CC(N)CO. The number of rotatable bonds is 9. The van der Waals surface area contributed by atoms with Crippen LogP contribution in [0.15, 0.2) is 0 Å². The fourth-order valence-corrected chi connectivity index (χ4v) is 1.12. The fraction of sp³-hybridized carbons (Fsp3) is 1.00. The molecular formula is C9H22N2O3. The number of hydrogen-bond donors (Lipinski definition) is 2. The Labute approximate surface area is 85.8 Å². The van der Waals surface area contributed by atoms with Crippen LogP contribution in [0.5, 0.6) is 0 Å². The van der Waals surface area contributed by atoms with Gasteiger partial charge in [0.1, 0.15) is 0 Å². The lowest BCUT2D eigenvalue weighted by Gasteiger charge is -2.24. The number of hydrogen-bond acceptors (Lipinski definition) is 5. The summed E-state index contributed by atoms with van der Waals surface area (Å²) in [5.74, 6) is 0. The zero-order valence-electron chi connectivity index (χ0n) is 9.11. The van der Waals surface area contributed by atoms with E-state index in [1.807, 2.05) is 0 Å². The highest BCUT2D eigenvalue weighted by Crippen LogP contribution is 1.91. The van der Waals surface area contributed by atoms with Crippen molar-refractivity contribution in [3.8, 4) is 0 Å². The summed E-state index contributed by atoms with van der Waals surface area (Å²) in [6, 6.07) is -0.191. The van der Waals surface area contributed by atoms with Gasteiger partial charge in [0.25, 0.3) is 0 Å². The van der Waals surface area contributed by atoms with Crippen molar-refractivity contribution in [2.24, 2.45) is 5.73 Å². The van der Waals surface area contributed by atoms with E-state index in [4.69, 9.17) is 20.3 Å². The Morgan fingerprint density at radius 2 is 1.71 bits per heavy atom. The lowest BCUT2D eigenvalue weighted by atomic mass is 10.3. The first kappa shape index (κ1) is 13.8. The molecule has 3 N–H and O–H groups in total. The molecule has 0 spiro atoms. The minimum Gasteiger partial charge on any atom is -0.395 e. The van der Waals surface area contributed by atoms with Gasteiger partial charge in [-0.3, -0.25) is 4.90 Å². The molecule has 14 heavy (non-hydrogen) atoms. The van der Waals surface area contributed by atoms with E-state index in [9.17, 15) is 0 Å². The first-order chi connectivity index (χ1) is 6.74. The maximum Gasteiger partial charge on any atom is 0.0595 e. The lowest BCUT2D eigenvalue weighted by Crippen LogP contribution is -2.42. The van der Waals surface area contributed by atoms with Crippen molar-refractivity contribution in [1.29, 1.82) is 0 Å². The minimum atomic E-state index is -0.191. The third-order valence-electron chi connectivity index (χ3n) is 1.95. The lowest BCUT2D eigenvalue weighted by molar-refractivity contribution is 0.104. The van der Waals surface area contributed by atoms with Gasteiger partial charge in [0, 0.05) is 39.9 Å². The van der Waals surface area contributed by atoms with Crippen LogP contribution in [0.25, 0.3) is 0 Å². The largest absolute Gasteiger partial charge is 0.395 e. The molecule has 0 saturated carbocycles. The summed E-state index contributed by atoms with van der Waals surface area (Å²) >= 11 is 0. The summed E-state index contributed by atoms with van der Waals surface area (Å²) in [6.07, 6.45) is 0. The molecule has 0 fully saturated rings. The number of nitrogens with zero attached hydrogens (tertiary/aromatic N) is 1. The number of ether oxygens (including phenoxy) is 2. The molecule has 0 saturated heterocycles. The summed E-state index contributed by atoms with van der Waals surface area (Å²) in [5.41, 5.74) is 5.64. The molecule has 0 aliphatic rings. The van der Waals surface area contributed by atoms with Crippen LogP contribution in [0, 0.1) is 0 Å². The van der Waals surface area contributed by atoms with Crippen LogP contribution in [-0.4, -0.2) is 69.7 Å². The van der Waals surface area contributed by atoms with Gasteiger partial charge in [-0.15, -0.1) is 0 Å². The zero-order valence-corrected chi connectivity index (χ0v) is 9.11. The summed E-state index contributed by atoms with van der Waals surface area (Å²) < 4.78 is 9.96. The highest BCUT2D eigenvalue weighted by molar-refractivity contribution is 4.67. The average molecular weight is 206 g/mol. The number of nitrogens with two attached hydrogens (primary N) is 1. The first-order valence-corrected chi connectivity index (χ1v) is 4.81. The normalized spacial score (nSPS) is 13.5. The Morgan fingerprint density at radius 1 is 1.21 bits per heavy atom. The van der Waals surface area contributed by atoms with Crippen molar-refractivity contribution in [2.45, 2.75) is 6.04 Å². The number of methoxy groups -OCH3 is 2. The molecule has 0 aromatic rings. The van der Waals surface area contributed by atoms with Gasteiger partial charge in [-0.25, -0.2) is 0 Å². The number of aliphatic hydroxyl groups is 1. The van der Waals surface area contributed by atoms with E-state index in [2.05, 4.69) is 4.90 Å². The highest BCUT2D eigenvalue weighted by Gasteiger charge is 2.09. The predicted octanol–water partition coefficient (Wildman–Crippen LogP) is -1.10. The van der Waals surface area contributed by atoms with Crippen LogP contribution < -0.4 is 5.73 Å². The minimum absolute atomic E-state index is 0.0104. The Bertz CT molecular complexity index is 117. The molecule has 0 aliphatic carbocycles. The van der Waals surface area contributed by atoms with Crippen LogP contribution in [0.2, 0.25) is 0 Å². The van der Waals surface area contributed by atoms with Crippen LogP contribution in [0.4, 0.5) is 0 Å². The molecular weight excluding hydrogens is 184 g/mol.